The zero-order chi connectivity index (χ0) is 13.8. The summed E-state index contributed by atoms with van der Waals surface area (Å²) in [6, 6.07) is 9.02. The molecule has 4 nitrogen and oxygen atoms in total. The SMILES string of the molecule is C=C1NC(=O)N[C@H](/C=C\c2ccccc2)[C@H]1C(C)=O. The van der Waals surface area contributed by atoms with Crippen LogP contribution in [0.4, 0.5) is 4.79 Å². The average Bonchev–Trinajstić information content (AvgIpc) is 2.36. The van der Waals surface area contributed by atoms with E-state index in [0.29, 0.717) is 5.70 Å². The highest BCUT2D eigenvalue weighted by Crippen LogP contribution is 2.19. The maximum Gasteiger partial charge on any atom is 0.319 e. The topological polar surface area (TPSA) is 58.2 Å². The van der Waals surface area contributed by atoms with Gasteiger partial charge in [-0.05, 0) is 12.5 Å². The maximum absolute atomic E-state index is 11.7. The quantitative estimate of drug-likeness (QED) is 0.870. The molecule has 0 saturated carbocycles. The predicted octanol–water partition coefficient (Wildman–Crippen LogP) is 2.10. The molecule has 1 aromatic carbocycles. The van der Waals surface area contributed by atoms with E-state index in [1.807, 2.05) is 42.5 Å². The summed E-state index contributed by atoms with van der Waals surface area (Å²) in [7, 11) is 0. The van der Waals surface area contributed by atoms with Crippen molar-refractivity contribution in [1.82, 2.24) is 10.6 Å². The van der Waals surface area contributed by atoms with Crippen molar-refractivity contribution in [2.24, 2.45) is 5.92 Å². The molecule has 1 aromatic rings. The third-order valence-electron chi connectivity index (χ3n) is 3.04. The Bertz CT molecular complexity index is 534. The van der Waals surface area contributed by atoms with Gasteiger partial charge in [-0.15, -0.1) is 0 Å². The molecule has 0 aliphatic carbocycles. The number of carbonyl (C=O) groups is 2. The molecule has 4 heteroatoms. The first-order chi connectivity index (χ1) is 9.08. The van der Waals surface area contributed by atoms with Gasteiger partial charge >= 0.3 is 6.03 Å². The van der Waals surface area contributed by atoms with Crippen LogP contribution in [0.3, 0.4) is 0 Å². The fourth-order valence-corrected chi connectivity index (χ4v) is 2.15. The number of Topliss-reactive ketones (excluding diaryl/α,β-unsaturated/α-hetero) is 1. The molecule has 19 heavy (non-hydrogen) atoms. The minimum Gasteiger partial charge on any atom is -0.331 e. The Labute approximate surface area is 112 Å². The van der Waals surface area contributed by atoms with Crippen LogP contribution in [-0.2, 0) is 4.79 Å². The summed E-state index contributed by atoms with van der Waals surface area (Å²) in [5.74, 6) is -0.460. The highest BCUT2D eigenvalue weighted by molar-refractivity contribution is 5.88. The number of amides is 2. The molecular weight excluding hydrogens is 240 g/mol. The Morgan fingerprint density at radius 3 is 2.63 bits per heavy atom. The number of hydrogen-bond donors (Lipinski definition) is 2. The van der Waals surface area contributed by atoms with E-state index in [2.05, 4.69) is 17.2 Å². The molecule has 1 aliphatic heterocycles. The van der Waals surface area contributed by atoms with E-state index < -0.39 is 5.92 Å². The van der Waals surface area contributed by atoms with Crippen molar-refractivity contribution in [2.45, 2.75) is 13.0 Å². The van der Waals surface area contributed by atoms with Crippen LogP contribution in [-0.4, -0.2) is 17.9 Å². The van der Waals surface area contributed by atoms with Gasteiger partial charge in [-0.1, -0.05) is 49.1 Å². The lowest BCUT2D eigenvalue weighted by atomic mass is 9.90. The van der Waals surface area contributed by atoms with Crippen molar-refractivity contribution in [3.8, 4) is 0 Å². The Morgan fingerprint density at radius 1 is 1.32 bits per heavy atom. The van der Waals surface area contributed by atoms with E-state index in [1.54, 1.807) is 0 Å². The van der Waals surface area contributed by atoms with E-state index >= 15 is 0 Å². The van der Waals surface area contributed by atoms with Gasteiger partial charge in [0.05, 0.1) is 12.0 Å². The van der Waals surface area contributed by atoms with Crippen LogP contribution in [0.2, 0.25) is 0 Å². The molecule has 2 rings (SSSR count). The van der Waals surface area contributed by atoms with Gasteiger partial charge in [0.25, 0.3) is 0 Å². The zero-order valence-electron chi connectivity index (χ0n) is 10.7. The Kier molecular flexibility index (Phi) is 3.80. The zero-order valence-corrected chi connectivity index (χ0v) is 10.7. The second kappa shape index (κ2) is 5.52. The summed E-state index contributed by atoms with van der Waals surface area (Å²) < 4.78 is 0. The van der Waals surface area contributed by atoms with Crippen LogP contribution >= 0.6 is 0 Å². The molecule has 98 valence electrons. The number of benzene rings is 1. The van der Waals surface area contributed by atoms with Crippen LogP contribution in [0.5, 0.6) is 0 Å². The number of rotatable bonds is 3. The molecular formula is C15H16N2O2. The van der Waals surface area contributed by atoms with Crippen molar-refractivity contribution in [3.05, 3.63) is 54.2 Å². The van der Waals surface area contributed by atoms with Crippen LogP contribution in [0.1, 0.15) is 12.5 Å². The standard InChI is InChI=1S/C15H16N2O2/c1-10-14(11(2)18)13(17-15(19)16-10)9-8-12-6-4-3-5-7-12/h3-9,13-14H,1H2,2H3,(H2,16,17,19)/b9-8-/t13-,14-/m1/s1. The summed E-state index contributed by atoms with van der Waals surface area (Å²) in [6.07, 6.45) is 3.71. The first-order valence-corrected chi connectivity index (χ1v) is 6.08. The monoisotopic (exact) mass is 256 g/mol. The molecule has 2 N–H and O–H groups in total. The van der Waals surface area contributed by atoms with Crippen LogP contribution in [0.25, 0.3) is 6.08 Å². The second-order valence-electron chi connectivity index (χ2n) is 4.51. The summed E-state index contributed by atoms with van der Waals surface area (Å²) in [5, 5.41) is 5.27. The minimum atomic E-state index is -0.433. The van der Waals surface area contributed by atoms with Gasteiger partial charge in [0.15, 0.2) is 0 Å². The molecule has 1 fully saturated rings. The fraction of sp³-hybridized carbons (Fsp3) is 0.200. The summed E-state index contributed by atoms with van der Waals surface area (Å²) in [5.41, 5.74) is 1.46. The van der Waals surface area contributed by atoms with Crippen molar-refractivity contribution in [2.75, 3.05) is 0 Å². The van der Waals surface area contributed by atoms with Gasteiger partial charge in [0, 0.05) is 5.70 Å². The van der Waals surface area contributed by atoms with Crippen molar-refractivity contribution in [3.63, 3.8) is 0 Å². The Hall–Kier alpha value is -2.36. The molecule has 0 spiro atoms. The molecule has 1 saturated heterocycles. The van der Waals surface area contributed by atoms with Crippen molar-refractivity contribution in [1.29, 1.82) is 0 Å². The number of urea groups is 1. The van der Waals surface area contributed by atoms with Crippen LogP contribution in [0.15, 0.2) is 48.7 Å². The fourth-order valence-electron chi connectivity index (χ4n) is 2.15. The third kappa shape index (κ3) is 3.10. The predicted molar refractivity (Wildman–Crippen MR) is 74.2 cm³/mol. The molecule has 1 aliphatic rings. The van der Waals surface area contributed by atoms with Crippen LogP contribution < -0.4 is 10.6 Å². The lowest BCUT2D eigenvalue weighted by Gasteiger charge is -2.31. The van der Waals surface area contributed by atoms with Gasteiger partial charge in [0.2, 0.25) is 0 Å². The highest BCUT2D eigenvalue weighted by atomic mass is 16.2. The van der Waals surface area contributed by atoms with Gasteiger partial charge in [-0.2, -0.15) is 0 Å². The molecule has 0 bridgehead atoms. The van der Waals surface area contributed by atoms with Crippen molar-refractivity contribution < 1.29 is 9.59 Å². The van der Waals surface area contributed by atoms with E-state index in [9.17, 15) is 9.59 Å². The lowest BCUT2D eigenvalue weighted by Crippen LogP contribution is -2.54. The number of ketones is 1. The second-order valence-corrected chi connectivity index (χ2v) is 4.51. The van der Waals surface area contributed by atoms with Crippen molar-refractivity contribution >= 4 is 17.9 Å². The normalized spacial score (nSPS) is 23.0. The van der Waals surface area contributed by atoms with Gasteiger partial charge in [-0.25, -0.2) is 4.79 Å². The summed E-state index contributed by atoms with van der Waals surface area (Å²) >= 11 is 0. The average molecular weight is 256 g/mol. The molecule has 0 radical (unpaired) electrons. The minimum absolute atomic E-state index is 0.0276. The van der Waals surface area contributed by atoms with E-state index in [1.165, 1.54) is 6.92 Å². The van der Waals surface area contributed by atoms with E-state index in [4.69, 9.17) is 0 Å². The van der Waals surface area contributed by atoms with Crippen LogP contribution in [0, 0.1) is 5.92 Å². The van der Waals surface area contributed by atoms with Gasteiger partial charge in [-0.3, -0.25) is 4.79 Å². The Balaban J connectivity index is 2.20. The third-order valence-corrected chi connectivity index (χ3v) is 3.04. The first-order valence-electron chi connectivity index (χ1n) is 6.08. The number of carbonyl (C=O) groups excluding carboxylic acids is 2. The lowest BCUT2D eigenvalue weighted by molar-refractivity contribution is -0.120. The summed E-state index contributed by atoms with van der Waals surface area (Å²) in [6.45, 7) is 5.24. The van der Waals surface area contributed by atoms with Gasteiger partial charge < -0.3 is 10.6 Å². The number of hydrogen-bond acceptors (Lipinski definition) is 2. The molecule has 2 amide bonds. The molecule has 1 heterocycles. The molecule has 2 atom stereocenters. The first kappa shape index (κ1) is 13.1. The highest BCUT2D eigenvalue weighted by Gasteiger charge is 2.32. The smallest absolute Gasteiger partial charge is 0.319 e. The maximum atomic E-state index is 11.7. The molecule has 0 aromatic heterocycles. The van der Waals surface area contributed by atoms with E-state index in [0.717, 1.165) is 5.56 Å². The Morgan fingerprint density at radius 2 is 2.00 bits per heavy atom. The summed E-state index contributed by atoms with van der Waals surface area (Å²) in [4.78, 5) is 23.1. The largest absolute Gasteiger partial charge is 0.331 e. The molecule has 0 unspecified atom stereocenters. The van der Waals surface area contributed by atoms with E-state index in [-0.39, 0.29) is 17.9 Å². The van der Waals surface area contributed by atoms with Gasteiger partial charge in [0.1, 0.15) is 5.78 Å². The number of nitrogens with one attached hydrogen (secondary N) is 2.